The van der Waals surface area contributed by atoms with E-state index in [0.717, 1.165) is 50.5 Å². The summed E-state index contributed by atoms with van der Waals surface area (Å²) in [5.41, 5.74) is 7.93. The molecule has 1 aliphatic carbocycles. The molecule has 0 radical (unpaired) electrons. The van der Waals surface area contributed by atoms with E-state index in [9.17, 15) is 18.0 Å². The van der Waals surface area contributed by atoms with Crippen molar-refractivity contribution in [1.82, 2.24) is 19.2 Å². The normalized spacial score (nSPS) is 25.9. The lowest BCUT2D eigenvalue weighted by molar-refractivity contribution is -0.138. The van der Waals surface area contributed by atoms with Gasteiger partial charge in [0.15, 0.2) is 5.15 Å². The quantitative estimate of drug-likeness (QED) is 0.419. The van der Waals surface area contributed by atoms with Crippen LogP contribution in [0.3, 0.4) is 0 Å². The Morgan fingerprint density at radius 2 is 1.76 bits per heavy atom. The Bertz CT molecular complexity index is 1370. The summed E-state index contributed by atoms with van der Waals surface area (Å²) in [4.78, 5) is 35.6. The number of nitrogens with two attached hydrogens (primary N) is 1. The van der Waals surface area contributed by atoms with Crippen molar-refractivity contribution >= 4 is 39.3 Å². The van der Waals surface area contributed by atoms with E-state index in [1.165, 1.54) is 13.4 Å². The molecule has 2 aliphatic heterocycles. The molecule has 2 aromatic rings. The number of piperidine rings is 1. The fourth-order valence-corrected chi connectivity index (χ4v) is 8.00. The molecule has 2 atom stereocenters. The predicted octanol–water partition coefficient (Wildman–Crippen LogP) is 4.23. The number of benzene rings is 1. The number of aromatic amines is 1. The van der Waals surface area contributed by atoms with Gasteiger partial charge in [0.1, 0.15) is 5.82 Å². The number of rotatable bonds is 7. The molecule has 0 bridgehead atoms. The van der Waals surface area contributed by atoms with Crippen LogP contribution in [0, 0.1) is 23.7 Å². The topological polar surface area (TPSA) is 151 Å². The third kappa shape index (κ3) is 6.77. The molecule has 1 aromatic carbocycles. The standard InChI is InChI=1S/C29H41ClN6O5S/c1-41-29(38)32-23-9-7-20(8-10-23)25-26(30)34-27(33-25)24-15-22(19-11-13-35(14-12-19)42(2,39)40)17-36(24)28(37)21-5-3-18(16-31)4-6-21/h7-10,18-19,21-22,24H,3-6,11-17,31H2,1-2H3,(H,32,38)(H,33,34)/t18-,21-,22?,24-/m0/s1. The number of hydrogen-bond acceptors (Lipinski definition) is 7. The molecule has 5 rings (SSSR count). The summed E-state index contributed by atoms with van der Waals surface area (Å²) in [6.07, 6.45) is 6.65. The van der Waals surface area contributed by atoms with Gasteiger partial charge in [0, 0.05) is 36.8 Å². The minimum absolute atomic E-state index is 0.0270. The molecule has 2 amide bonds. The highest BCUT2D eigenvalue weighted by Gasteiger charge is 2.44. The van der Waals surface area contributed by atoms with E-state index in [4.69, 9.17) is 22.3 Å². The Morgan fingerprint density at radius 3 is 2.36 bits per heavy atom. The first-order chi connectivity index (χ1) is 20.1. The van der Waals surface area contributed by atoms with Crippen LogP contribution < -0.4 is 11.1 Å². The summed E-state index contributed by atoms with van der Waals surface area (Å²) < 4.78 is 30.3. The van der Waals surface area contributed by atoms with E-state index < -0.39 is 16.1 Å². The number of nitrogens with zero attached hydrogens (tertiary/aromatic N) is 3. The zero-order chi connectivity index (χ0) is 30.0. The number of amides is 2. The van der Waals surface area contributed by atoms with Crippen LogP contribution >= 0.6 is 11.6 Å². The first-order valence-corrected chi connectivity index (χ1v) is 17.0. The summed E-state index contributed by atoms with van der Waals surface area (Å²) in [5, 5.41) is 2.95. The molecule has 1 aromatic heterocycles. The van der Waals surface area contributed by atoms with E-state index >= 15 is 0 Å². The Kier molecular flexibility index (Phi) is 9.46. The Labute approximate surface area is 252 Å². The molecule has 0 spiro atoms. The minimum Gasteiger partial charge on any atom is -0.453 e. The van der Waals surface area contributed by atoms with Gasteiger partial charge >= 0.3 is 6.09 Å². The van der Waals surface area contributed by atoms with E-state index in [2.05, 4.69) is 15.0 Å². The van der Waals surface area contributed by atoms with Crippen molar-refractivity contribution in [2.24, 2.45) is 29.4 Å². The average Bonchev–Trinajstić information content (AvgIpc) is 3.61. The third-order valence-electron chi connectivity index (χ3n) is 9.38. The molecular formula is C29H41ClN6O5S. The number of methoxy groups -OCH3 is 1. The second kappa shape index (κ2) is 12.9. The molecule has 1 unspecified atom stereocenters. The summed E-state index contributed by atoms with van der Waals surface area (Å²) in [5.74, 6) is 1.86. The van der Waals surface area contributed by atoms with Gasteiger partial charge < -0.3 is 20.4 Å². The Balaban J connectivity index is 1.36. The van der Waals surface area contributed by atoms with Crippen LogP contribution in [-0.4, -0.2) is 79.1 Å². The number of anilines is 1. The molecule has 230 valence electrons. The minimum atomic E-state index is -3.21. The largest absolute Gasteiger partial charge is 0.453 e. The molecule has 2 saturated heterocycles. The molecular weight excluding hydrogens is 580 g/mol. The maximum Gasteiger partial charge on any atom is 0.411 e. The lowest BCUT2D eigenvalue weighted by Gasteiger charge is -2.34. The number of carbonyl (C=O) groups is 2. The van der Waals surface area contributed by atoms with Gasteiger partial charge in [-0.1, -0.05) is 23.7 Å². The highest BCUT2D eigenvalue weighted by molar-refractivity contribution is 7.88. The van der Waals surface area contributed by atoms with Crippen LogP contribution in [0.2, 0.25) is 5.15 Å². The molecule has 13 heteroatoms. The van der Waals surface area contributed by atoms with Gasteiger partial charge in [-0.2, -0.15) is 0 Å². The maximum absolute atomic E-state index is 14.0. The molecule has 3 heterocycles. The van der Waals surface area contributed by atoms with Crippen LogP contribution in [-0.2, 0) is 19.6 Å². The molecule has 3 aliphatic rings. The van der Waals surface area contributed by atoms with E-state index in [1.807, 2.05) is 17.0 Å². The highest BCUT2D eigenvalue weighted by atomic mass is 35.5. The molecule has 11 nitrogen and oxygen atoms in total. The summed E-state index contributed by atoms with van der Waals surface area (Å²) in [6.45, 7) is 2.32. The van der Waals surface area contributed by atoms with Gasteiger partial charge in [-0.25, -0.2) is 22.5 Å². The fraction of sp³-hybridized carbons (Fsp3) is 0.621. The smallest absolute Gasteiger partial charge is 0.411 e. The first-order valence-electron chi connectivity index (χ1n) is 14.7. The van der Waals surface area contributed by atoms with Gasteiger partial charge in [-0.15, -0.1) is 0 Å². The van der Waals surface area contributed by atoms with Crippen molar-refractivity contribution in [2.75, 3.05) is 44.9 Å². The monoisotopic (exact) mass is 620 g/mol. The van der Waals surface area contributed by atoms with Crippen molar-refractivity contribution in [3.8, 4) is 11.3 Å². The number of halogens is 1. The van der Waals surface area contributed by atoms with Gasteiger partial charge in [-0.3, -0.25) is 10.1 Å². The predicted molar refractivity (Wildman–Crippen MR) is 161 cm³/mol. The lowest BCUT2D eigenvalue weighted by Crippen LogP contribution is -2.41. The molecule has 1 saturated carbocycles. The van der Waals surface area contributed by atoms with Gasteiger partial charge in [0.2, 0.25) is 15.9 Å². The zero-order valence-electron chi connectivity index (χ0n) is 24.2. The van der Waals surface area contributed by atoms with E-state index in [0.29, 0.717) is 60.4 Å². The Hall–Kier alpha value is -2.67. The lowest BCUT2D eigenvalue weighted by atomic mass is 9.81. The number of H-pyrrole nitrogens is 1. The number of hydrogen-bond donors (Lipinski definition) is 3. The van der Waals surface area contributed by atoms with Gasteiger partial charge in [0.05, 0.1) is 25.1 Å². The fourth-order valence-electron chi connectivity index (χ4n) is 6.88. The summed E-state index contributed by atoms with van der Waals surface area (Å²) >= 11 is 6.65. The van der Waals surface area contributed by atoms with Crippen molar-refractivity contribution in [3.63, 3.8) is 0 Å². The zero-order valence-corrected chi connectivity index (χ0v) is 25.8. The van der Waals surface area contributed by atoms with Crippen LogP contribution in [0.25, 0.3) is 11.3 Å². The molecule has 3 fully saturated rings. The number of sulfonamides is 1. The van der Waals surface area contributed by atoms with E-state index in [1.54, 1.807) is 16.4 Å². The average molecular weight is 621 g/mol. The number of ether oxygens (including phenoxy) is 1. The third-order valence-corrected chi connectivity index (χ3v) is 11.0. The highest BCUT2D eigenvalue weighted by Crippen LogP contribution is 2.44. The van der Waals surface area contributed by atoms with Crippen LogP contribution in [0.1, 0.15) is 56.8 Å². The van der Waals surface area contributed by atoms with Gasteiger partial charge in [0.25, 0.3) is 0 Å². The van der Waals surface area contributed by atoms with Gasteiger partial charge in [-0.05, 0) is 81.4 Å². The van der Waals surface area contributed by atoms with Crippen molar-refractivity contribution < 1.29 is 22.7 Å². The number of aromatic nitrogens is 2. The SMILES string of the molecule is COC(=O)Nc1ccc(-c2[nH]c([C@@H]3CC(C4CCN(S(C)(=O)=O)CC4)CN3C(=O)[C@H]3CC[C@H](CN)CC3)nc2Cl)cc1. The van der Waals surface area contributed by atoms with E-state index in [-0.39, 0.29) is 23.8 Å². The van der Waals surface area contributed by atoms with Crippen molar-refractivity contribution in [1.29, 1.82) is 0 Å². The van der Waals surface area contributed by atoms with Crippen LogP contribution in [0.5, 0.6) is 0 Å². The summed E-state index contributed by atoms with van der Waals surface area (Å²) in [6, 6.07) is 6.94. The van der Waals surface area contributed by atoms with Crippen LogP contribution in [0.4, 0.5) is 10.5 Å². The molecule has 42 heavy (non-hydrogen) atoms. The van der Waals surface area contributed by atoms with Crippen molar-refractivity contribution in [3.05, 3.63) is 35.2 Å². The summed E-state index contributed by atoms with van der Waals surface area (Å²) in [7, 11) is -1.90. The Morgan fingerprint density at radius 1 is 1.10 bits per heavy atom. The number of carbonyl (C=O) groups excluding carboxylic acids is 2. The number of likely N-dealkylation sites (tertiary alicyclic amines) is 1. The molecule has 4 N–H and O–H groups in total. The number of imidazole rings is 1. The second-order valence-corrected chi connectivity index (χ2v) is 14.3. The number of nitrogens with one attached hydrogen (secondary N) is 2. The first kappa shape index (κ1) is 30.8. The van der Waals surface area contributed by atoms with Crippen molar-refractivity contribution in [2.45, 2.75) is 51.0 Å². The second-order valence-electron chi connectivity index (χ2n) is 11.9. The maximum atomic E-state index is 14.0. The van der Waals surface area contributed by atoms with Crippen LogP contribution in [0.15, 0.2) is 24.3 Å².